The lowest BCUT2D eigenvalue weighted by Crippen LogP contribution is -2.55. The molecule has 0 bridgehead atoms. The standard InChI is InChI=1S/C33H40Cl2N4O2S/c1-42-31-5-3-2-4-25(31)22-38-14-16-39(17-15-38)33(41)32(36)23-8-11-37(12-9-23)13-10-24-18-27(34)6-7-30(24)26-19-28(35)21-29(40)20-26/h2-7,18-21,23,32,40H,8-17,22,36H2,1H3/t32-/m1/s1. The molecule has 1 atom stereocenters. The minimum atomic E-state index is -0.439. The molecule has 0 unspecified atom stereocenters. The Morgan fingerprint density at radius 2 is 1.67 bits per heavy atom. The van der Waals surface area contributed by atoms with Crippen molar-refractivity contribution in [1.29, 1.82) is 0 Å². The van der Waals surface area contributed by atoms with Crippen molar-refractivity contribution in [1.82, 2.24) is 14.7 Å². The van der Waals surface area contributed by atoms with Crippen LogP contribution in [0.1, 0.15) is 24.0 Å². The van der Waals surface area contributed by atoms with Gasteiger partial charge in [0, 0.05) is 54.2 Å². The molecule has 0 saturated carbocycles. The summed E-state index contributed by atoms with van der Waals surface area (Å²) >= 11 is 14.3. The molecule has 3 aromatic rings. The van der Waals surface area contributed by atoms with Crippen LogP contribution in [-0.4, -0.2) is 83.8 Å². The molecule has 2 heterocycles. The molecule has 2 fully saturated rings. The fraction of sp³-hybridized carbons (Fsp3) is 0.424. The number of nitrogens with zero attached hydrogens (tertiary/aromatic N) is 3. The summed E-state index contributed by atoms with van der Waals surface area (Å²) in [6.07, 6.45) is 4.78. The zero-order valence-electron chi connectivity index (χ0n) is 24.1. The number of phenols is 1. The summed E-state index contributed by atoms with van der Waals surface area (Å²) in [5.74, 6) is 0.451. The molecular formula is C33H40Cl2N4O2S. The number of piperazine rings is 1. The lowest BCUT2D eigenvalue weighted by Gasteiger charge is -2.39. The number of carbonyl (C=O) groups excluding carboxylic acids is 1. The highest BCUT2D eigenvalue weighted by Crippen LogP contribution is 2.32. The smallest absolute Gasteiger partial charge is 0.239 e. The number of piperidine rings is 1. The van der Waals surface area contributed by atoms with E-state index in [9.17, 15) is 9.90 Å². The van der Waals surface area contributed by atoms with E-state index in [1.165, 1.54) is 16.5 Å². The average molecular weight is 628 g/mol. The van der Waals surface area contributed by atoms with E-state index in [1.54, 1.807) is 17.8 Å². The second-order valence-corrected chi connectivity index (χ2v) is 13.1. The molecule has 0 radical (unpaired) electrons. The Labute approximate surface area is 263 Å². The maximum absolute atomic E-state index is 13.3. The fourth-order valence-corrected chi connectivity index (χ4v) is 7.24. The van der Waals surface area contributed by atoms with Gasteiger partial charge in [-0.25, -0.2) is 0 Å². The first-order valence-corrected chi connectivity index (χ1v) is 16.7. The number of thioether (sulfide) groups is 1. The molecule has 2 aliphatic rings. The molecule has 42 heavy (non-hydrogen) atoms. The van der Waals surface area contributed by atoms with Crippen molar-refractivity contribution in [3.63, 3.8) is 0 Å². The van der Waals surface area contributed by atoms with E-state index in [1.807, 2.05) is 29.2 Å². The second-order valence-electron chi connectivity index (χ2n) is 11.4. The molecule has 2 aliphatic heterocycles. The molecule has 2 saturated heterocycles. The van der Waals surface area contributed by atoms with Crippen LogP contribution >= 0.6 is 35.0 Å². The van der Waals surface area contributed by atoms with E-state index in [2.05, 4.69) is 40.3 Å². The molecule has 224 valence electrons. The summed E-state index contributed by atoms with van der Waals surface area (Å²) in [5, 5.41) is 11.2. The minimum absolute atomic E-state index is 0.103. The summed E-state index contributed by atoms with van der Waals surface area (Å²) in [4.78, 5) is 21.5. The van der Waals surface area contributed by atoms with Crippen LogP contribution in [0.25, 0.3) is 11.1 Å². The van der Waals surface area contributed by atoms with E-state index in [0.29, 0.717) is 10.0 Å². The van der Waals surface area contributed by atoms with E-state index in [-0.39, 0.29) is 17.6 Å². The molecular weight excluding hydrogens is 587 g/mol. The number of phenolic OH excluding ortho intramolecular Hbond substituents is 1. The van der Waals surface area contributed by atoms with Crippen molar-refractivity contribution in [2.45, 2.75) is 36.7 Å². The van der Waals surface area contributed by atoms with Gasteiger partial charge in [-0.15, -0.1) is 11.8 Å². The Bertz CT molecular complexity index is 1350. The second kappa shape index (κ2) is 14.5. The normalized spacial score (nSPS) is 17.9. The summed E-state index contributed by atoms with van der Waals surface area (Å²) < 4.78 is 0. The van der Waals surface area contributed by atoms with Crippen LogP contribution in [-0.2, 0) is 17.8 Å². The lowest BCUT2D eigenvalue weighted by molar-refractivity contribution is -0.136. The van der Waals surface area contributed by atoms with Crippen LogP contribution in [0.3, 0.4) is 0 Å². The van der Waals surface area contributed by atoms with Gasteiger partial charge >= 0.3 is 0 Å². The number of halogens is 2. The minimum Gasteiger partial charge on any atom is -0.508 e. The molecule has 0 aromatic heterocycles. The van der Waals surface area contributed by atoms with Crippen LogP contribution < -0.4 is 5.73 Å². The number of rotatable bonds is 9. The predicted molar refractivity (Wildman–Crippen MR) is 174 cm³/mol. The number of nitrogens with two attached hydrogens (primary N) is 1. The Hall–Kier alpha value is -2.26. The highest BCUT2D eigenvalue weighted by atomic mass is 35.5. The Balaban J connectivity index is 1.09. The molecule has 5 rings (SSSR count). The van der Waals surface area contributed by atoms with Crippen molar-refractivity contribution in [3.8, 4) is 16.9 Å². The van der Waals surface area contributed by atoms with E-state index in [4.69, 9.17) is 28.9 Å². The first-order valence-electron chi connectivity index (χ1n) is 14.7. The molecule has 3 N–H and O–H groups in total. The van der Waals surface area contributed by atoms with Gasteiger partial charge in [-0.05, 0) is 103 Å². The summed E-state index contributed by atoms with van der Waals surface area (Å²) in [7, 11) is 0. The maximum Gasteiger partial charge on any atom is 0.239 e. The molecule has 0 spiro atoms. The van der Waals surface area contributed by atoms with E-state index < -0.39 is 6.04 Å². The van der Waals surface area contributed by atoms with Crippen LogP contribution in [0.4, 0.5) is 0 Å². The average Bonchev–Trinajstić information content (AvgIpc) is 3.00. The van der Waals surface area contributed by atoms with Crippen LogP contribution in [0.15, 0.2) is 65.6 Å². The fourth-order valence-electron chi connectivity index (χ4n) is 6.21. The van der Waals surface area contributed by atoms with E-state index in [0.717, 1.165) is 88.3 Å². The highest BCUT2D eigenvalue weighted by molar-refractivity contribution is 7.98. The molecule has 0 aliphatic carbocycles. The number of likely N-dealkylation sites (tertiary alicyclic amines) is 1. The summed E-state index contributed by atoms with van der Waals surface area (Å²) in [6, 6.07) is 19.1. The molecule has 3 aromatic carbocycles. The zero-order valence-corrected chi connectivity index (χ0v) is 26.5. The van der Waals surface area contributed by atoms with Crippen molar-refractivity contribution in [2.75, 3.05) is 52.1 Å². The quantitative estimate of drug-likeness (QED) is 0.283. The number of aromatic hydroxyl groups is 1. The van der Waals surface area contributed by atoms with Crippen molar-refractivity contribution < 1.29 is 9.90 Å². The third-order valence-electron chi connectivity index (χ3n) is 8.65. The van der Waals surface area contributed by atoms with Crippen molar-refractivity contribution in [2.24, 2.45) is 11.7 Å². The molecule has 9 heteroatoms. The predicted octanol–water partition coefficient (Wildman–Crippen LogP) is 6.01. The van der Waals surface area contributed by atoms with Gasteiger partial charge in [-0.3, -0.25) is 9.69 Å². The number of carbonyl (C=O) groups is 1. The highest BCUT2D eigenvalue weighted by Gasteiger charge is 2.32. The van der Waals surface area contributed by atoms with Gasteiger partial charge in [0.2, 0.25) is 5.91 Å². The first-order chi connectivity index (χ1) is 20.3. The lowest BCUT2D eigenvalue weighted by atomic mass is 9.88. The van der Waals surface area contributed by atoms with Gasteiger partial charge in [-0.1, -0.05) is 47.5 Å². The SMILES string of the molecule is CSc1ccccc1CN1CCN(C(=O)[C@H](N)C2CCN(CCc3cc(Cl)ccc3-c3cc(O)cc(Cl)c3)CC2)CC1. The number of hydrogen-bond donors (Lipinski definition) is 2. The summed E-state index contributed by atoms with van der Waals surface area (Å²) in [6.45, 7) is 6.86. The number of hydrogen-bond acceptors (Lipinski definition) is 6. The number of amides is 1. The molecule has 6 nitrogen and oxygen atoms in total. The van der Waals surface area contributed by atoms with Gasteiger partial charge in [-0.2, -0.15) is 0 Å². The zero-order chi connectivity index (χ0) is 29.6. The Morgan fingerprint density at radius 1 is 0.929 bits per heavy atom. The van der Waals surface area contributed by atoms with Crippen LogP contribution in [0, 0.1) is 5.92 Å². The topological polar surface area (TPSA) is 73.0 Å². The van der Waals surface area contributed by atoms with E-state index >= 15 is 0 Å². The number of benzene rings is 3. The summed E-state index contributed by atoms with van der Waals surface area (Å²) in [5.41, 5.74) is 10.9. The van der Waals surface area contributed by atoms with Gasteiger partial charge in [0.25, 0.3) is 0 Å². The van der Waals surface area contributed by atoms with Gasteiger partial charge in [0.15, 0.2) is 0 Å². The van der Waals surface area contributed by atoms with Gasteiger partial charge in [0.1, 0.15) is 5.75 Å². The van der Waals surface area contributed by atoms with Crippen molar-refractivity contribution >= 4 is 40.9 Å². The van der Waals surface area contributed by atoms with Crippen LogP contribution in [0.2, 0.25) is 10.0 Å². The Morgan fingerprint density at radius 3 is 2.38 bits per heavy atom. The monoisotopic (exact) mass is 626 g/mol. The van der Waals surface area contributed by atoms with Crippen molar-refractivity contribution in [3.05, 3.63) is 81.8 Å². The third-order valence-corrected chi connectivity index (χ3v) is 9.95. The first kappa shape index (κ1) is 31.2. The third kappa shape index (κ3) is 7.81. The Kier molecular flexibility index (Phi) is 10.7. The molecule has 1 amide bonds. The van der Waals surface area contributed by atoms with Gasteiger partial charge < -0.3 is 20.6 Å². The maximum atomic E-state index is 13.3. The van der Waals surface area contributed by atoms with Gasteiger partial charge in [0.05, 0.1) is 6.04 Å². The largest absolute Gasteiger partial charge is 0.508 e. The van der Waals surface area contributed by atoms with Crippen LogP contribution in [0.5, 0.6) is 5.75 Å².